The first-order valence-corrected chi connectivity index (χ1v) is 8.37. The summed E-state index contributed by atoms with van der Waals surface area (Å²) in [5.74, 6) is 0.243. The first-order valence-electron chi connectivity index (χ1n) is 8.37. The molecule has 118 valence electrons. The lowest BCUT2D eigenvalue weighted by atomic mass is 9.98. The molecule has 1 aliphatic heterocycles. The molecule has 0 bridgehead atoms. The largest absolute Gasteiger partial charge is 0.464 e. The van der Waals surface area contributed by atoms with E-state index in [-0.39, 0.29) is 5.91 Å². The SMILES string of the molecule is CCC1CCCCN1C(=O)Cc1coc2c(C)c(C)ccc12. The van der Waals surface area contributed by atoms with Gasteiger partial charge < -0.3 is 9.32 Å². The Morgan fingerprint density at radius 2 is 2.14 bits per heavy atom. The Morgan fingerprint density at radius 3 is 2.91 bits per heavy atom. The quantitative estimate of drug-likeness (QED) is 0.842. The third-order valence-electron chi connectivity index (χ3n) is 5.10. The van der Waals surface area contributed by atoms with E-state index in [0.29, 0.717) is 12.5 Å². The van der Waals surface area contributed by atoms with Crippen LogP contribution in [0.5, 0.6) is 0 Å². The van der Waals surface area contributed by atoms with Gasteiger partial charge in [-0.15, -0.1) is 0 Å². The summed E-state index contributed by atoms with van der Waals surface area (Å²) in [4.78, 5) is 14.8. The summed E-state index contributed by atoms with van der Waals surface area (Å²) in [7, 11) is 0. The molecular formula is C19H25NO2. The monoisotopic (exact) mass is 299 g/mol. The van der Waals surface area contributed by atoms with E-state index >= 15 is 0 Å². The molecule has 1 unspecified atom stereocenters. The van der Waals surface area contributed by atoms with Crippen LogP contribution in [0.4, 0.5) is 0 Å². The minimum Gasteiger partial charge on any atom is -0.464 e. The third-order valence-corrected chi connectivity index (χ3v) is 5.10. The van der Waals surface area contributed by atoms with Crippen molar-refractivity contribution in [3.63, 3.8) is 0 Å². The minimum atomic E-state index is 0.243. The molecular weight excluding hydrogens is 274 g/mol. The summed E-state index contributed by atoms with van der Waals surface area (Å²) in [5.41, 5.74) is 4.33. The van der Waals surface area contributed by atoms with Crippen LogP contribution in [0, 0.1) is 13.8 Å². The van der Waals surface area contributed by atoms with Crippen LogP contribution in [0.2, 0.25) is 0 Å². The number of carbonyl (C=O) groups is 1. The zero-order valence-electron chi connectivity index (χ0n) is 13.8. The Hall–Kier alpha value is -1.77. The predicted molar refractivity (Wildman–Crippen MR) is 89.0 cm³/mol. The number of benzene rings is 1. The number of amides is 1. The van der Waals surface area contributed by atoms with Crippen LogP contribution in [0.1, 0.15) is 49.3 Å². The molecule has 3 heteroatoms. The van der Waals surface area contributed by atoms with E-state index in [1.807, 2.05) is 0 Å². The van der Waals surface area contributed by atoms with Crippen LogP contribution in [0.25, 0.3) is 11.0 Å². The molecule has 1 aliphatic rings. The molecule has 3 nitrogen and oxygen atoms in total. The normalized spacial score (nSPS) is 18.9. The van der Waals surface area contributed by atoms with E-state index in [1.165, 1.54) is 17.5 Å². The van der Waals surface area contributed by atoms with Crippen molar-refractivity contribution in [1.82, 2.24) is 4.90 Å². The van der Waals surface area contributed by atoms with Crippen molar-refractivity contribution in [2.24, 2.45) is 0 Å². The van der Waals surface area contributed by atoms with Crippen molar-refractivity contribution >= 4 is 16.9 Å². The number of piperidine rings is 1. The molecule has 0 N–H and O–H groups in total. The van der Waals surface area contributed by atoms with E-state index in [4.69, 9.17) is 4.42 Å². The Labute approximate surface area is 132 Å². The van der Waals surface area contributed by atoms with Crippen molar-refractivity contribution < 1.29 is 9.21 Å². The van der Waals surface area contributed by atoms with Crippen LogP contribution in [0.15, 0.2) is 22.8 Å². The molecule has 3 rings (SSSR count). The molecule has 1 fully saturated rings. The van der Waals surface area contributed by atoms with Gasteiger partial charge in [0, 0.05) is 23.5 Å². The molecule has 0 spiro atoms. The molecule has 1 saturated heterocycles. The van der Waals surface area contributed by atoms with Gasteiger partial charge in [0.2, 0.25) is 5.91 Å². The number of aryl methyl sites for hydroxylation is 2. The van der Waals surface area contributed by atoms with Crippen molar-refractivity contribution in [3.8, 4) is 0 Å². The average Bonchev–Trinajstić information content (AvgIpc) is 2.94. The Bertz CT molecular complexity index is 686. The molecule has 1 aromatic heterocycles. The van der Waals surface area contributed by atoms with Crippen molar-refractivity contribution in [2.45, 2.75) is 58.9 Å². The molecule has 1 atom stereocenters. The number of nitrogens with zero attached hydrogens (tertiary/aromatic N) is 1. The van der Waals surface area contributed by atoms with Crippen molar-refractivity contribution in [3.05, 3.63) is 35.1 Å². The Morgan fingerprint density at radius 1 is 1.32 bits per heavy atom. The van der Waals surface area contributed by atoms with Crippen LogP contribution in [-0.2, 0) is 11.2 Å². The minimum absolute atomic E-state index is 0.243. The van der Waals surface area contributed by atoms with Crippen LogP contribution in [-0.4, -0.2) is 23.4 Å². The molecule has 1 aromatic carbocycles. The van der Waals surface area contributed by atoms with Crippen molar-refractivity contribution in [2.75, 3.05) is 6.54 Å². The van der Waals surface area contributed by atoms with Gasteiger partial charge in [0.05, 0.1) is 12.7 Å². The van der Waals surface area contributed by atoms with Crippen LogP contribution in [0.3, 0.4) is 0 Å². The molecule has 22 heavy (non-hydrogen) atoms. The number of rotatable bonds is 3. The maximum atomic E-state index is 12.7. The Balaban J connectivity index is 1.84. The maximum absolute atomic E-state index is 12.7. The van der Waals surface area contributed by atoms with Gasteiger partial charge in [-0.25, -0.2) is 0 Å². The van der Waals surface area contributed by atoms with Gasteiger partial charge in [0.1, 0.15) is 5.58 Å². The number of furan rings is 1. The van der Waals surface area contributed by atoms with Crippen LogP contribution < -0.4 is 0 Å². The first-order chi connectivity index (χ1) is 10.6. The summed E-state index contributed by atoms with van der Waals surface area (Å²) < 4.78 is 5.73. The fourth-order valence-corrected chi connectivity index (χ4v) is 3.54. The van der Waals surface area contributed by atoms with E-state index in [9.17, 15) is 4.79 Å². The van der Waals surface area contributed by atoms with Gasteiger partial charge in [-0.3, -0.25) is 4.79 Å². The molecule has 0 saturated carbocycles. The lowest BCUT2D eigenvalue weighted by molar-refractivity contribution is -0.134. The third kappa shape index (κ3) is 2.65. The van der Waals surface area contributed by atoms with Gasteiger partial charge >= 0.3 is 0 Å². The second-order valence-corrected chi connectivity index (χ2v) is 6.47. The average molecular weight is 299 g/mol. The summed E-state index contributed by atoms with van der Waals surface area (Å²) >= 11 is 0. The number of likely N-dealkylation sites (tertiary alicyclic amines) is 1. The molecule has 1 amide bonds. The number of carbonyl (C=O) groups excluding carboxylic acids is 1. The van der Waals surface area contributed by atoms with Gasteiger partial charge in [-0.2, -0.15) is 0 Å². The van der Waals surface area contributed by atoms with E-state index in [1.54, 1.807) is 6.26 Å². The second kappa shape index (κ2) is 6.15. The molecule has 0 radical (unpaired) electrons. The summed E-state index contributed by atoms with van der Waals surface area (Å²) in [6.45, 7) is 7.24. The molecule has 0 aliphatic carbocycles. The maximum Gasteiger partial charge on any atom is 0.227 e. The standard InChI is InChI=1S/C19H25NO2/c1-4-16-7-5-6-10-20(16)18(21)11-15-12-22-19-14(3)13(2)8-9-17(15)19/h8-9,12,16H,4-7,10-11H2,1-3H3. The fourth-order valence-electron chi connectivity index (χ4n) is 3.54. The summed E-state index contributed by atoms with van der Waals surface area (Å²) in [6, 6.07) is 4.61. The predicted octanol–water partition coefficient (Wildman–Crippen LogP) is 4.38. The molecule has 2 aromatic rings. The zero-order chi connectivity index (χ0) is 15.7. The highest BCUT2D eigenvalue weighted by atomic mass is 16.3. The van der Waals surface area contributed by atoms with E-state index in [2.05, 4.69) is 37.8 Å². The number of hydrogen-bond acceptors (Lipinski definition) is 2. The Kier molecular flexibility index (Phi) is 4.23. The van der Waals surface area contributed by atoms with Gasteiger partial charge in [0.25, 0.3) is 0 Å². The summed E-state index contributed by atoms with van der Waals surface area (Å²) in [5, 5.41) is 1.08. The van der Waals surface area contributed by atoms with Gasteiger partial charge in [0.15, 0.2) is 0 Å². The topological polar surface area (TPSA) is 33.5 Å². The zero-order valence-corrected chi connectivity index (χ0v) is 13.8. The highest BCUT2D eigenvalue weighted by Gasteiger charge is 2.26. The highest BCUT2D eigenvalue weighted by molar-refractivity contribution is 5.89. The van der Waals surface area contributed by atoms with E-state index in [0.717, 1.165) is 42.3 Å². The van der Waals surface area contributed by atoms with Gasteiger partial charge in [-0.05, 0) is 50.7 Å². The first kappa shape index (κ1) is 15.1. The van der Waals surface area contributed by atoms with E-state index < -0.39 is 0 Å². The smallest absolute Gasteiger partial charge is 0.227 e. The fraction of sp³-hybridized carbons (Fsp3) is 0.526. The lowest BCUT2D eigenvalue weighted by Gasteiger charge is -2.35. The van der Waals surface area contributed by atoms with Gasteiger partial charge in [-0.1, -0.05) is 19.1 Å². The van der Waals surface area contributed by atoms with Crippen molar-refractivity contribution in [1.29, 1.82) is 0 Å². The van der Waals surface area contributed by atoms with Crippen LogP contribution >= 0.6 is 0 Å². The summed E-state index contributed by atoms with van der Waals surface area (Å²) in [6.07, 6.45) is 6.79. The second-order valence-electron chi connectivity index (χ2n) is 6.47. The highest BCUT2D eigenvalue weighted by Crippen LogP contribution is 2.28. The lowest BCUT2D eigenvalue weighted by Crippen LogP contribution is -2.44. The number of hydrogen-bond donors (Lipinski definition) is 0. The molecule has 2 heterocycles. The number of fused-ring (bicyclic) bond motifs is 1.